The van der Waals surface area contributed by atoms with Gasteiger partial charge in [-0.25, -0.2) is 0 Å². The first-order valence-electron chi connectivity index (χ1n) is 8.27. The molecule has 0 saturated heterocycles. The first-order chi connectivity index (χ1) is 9.95. The summed E-state index contributed by atoms with van der Waals surface area (Å²) >= 11 is 0. The fourth-order valence-electron chi connectivity index (χ4n) is 5.26. The fraction of sp³-hybridized carbons (Fsp3) is 0.632. The zero-order valence-corrected chi connectivity index (χ0v) is 12.9. The summed E-state index contributed by atoms with van der Waals surface area (Å²) in [6.07, 6.45) is 13.2. The maximum absolute atomic E-state index is 12.3. The van der Waals surface area contributed by atoms with Crippen LogP contribution >= 0.6 is 0 Å². The van der Waals surface area contributed by atoms with E-state index >= 15 is 0 Å². The lowest BCUT2D eigenvalue weighted by Crippen LogP contribution is -2.43. The van der Waals surface area contributed by atoms with Crippen LogP contribution < -0.4 is 0 Å². The van der Waals surface area contributed by atoms with Crippen LogP contribution in [0.2, 0.25) is 0 Å². The Hall–Kier alpha value is -1.15. The maximum atomic E-state index is 12.3. The summed E-state index contributed by atoms with van der Waals surface area (Å²) in [7, 11) is 0. The third kappa shape index (κ3) is 1.66. The molecule has 0 aromatic heterocycles. The third-order valence-electron chi connectivity index (χ3n) is 6.75. The Kier molecular flexibility index (Phi) is 2.70. The number of Topliss-reactive ketones (excluding diaryl/α,β-unsaturated/α-hetero) is 1. The average Bonchev–Trinajstić information content (AvgIpc) is 2.76. The number of carbonyl (C=O) groups is 1. The highest BCUT2D eigenvalue weighted by Crippen LogP contribution is 2.60. The van der Waals surface area contributed by atoms with E-state index in [9.17, 15) is 9.90 Å². The molecule has 0 heterocycles. The summed E-state index contributed by atoms with van der Waals surface area (Å²) < 4.78 is 0. The fourth-order valence-corrected chi connectivity index (χ4v) is 5.26. The van der Waals surface area contributed by atoms with Gasteiger partial charge >= 0.3 is 0 Å². The van der Waals surface area contributed by atoms with Gasteiger partial charge in [-0.15, -0.1) is 0 Å². The van der Waals surface area contributed by atoms with Crippen molar-refractivity contribution in [1.82, 2.24) is 0 Å². The maximum Gasteiger partial charge on any atom is 0.139 e. The van der Waals surface area contributed by atoms with Crippen molar-refractivity contribution in [3.63, 3.8) is 0 Å². The van der Waals surface area contributed by atoms with Gasteiger partial charge in [-0.3, -0.25) is 4.79 Å². The van der Waals surface area contributed by atoms with Crippen molar-refractivity contribution < 1.29 is 9.90 Å². The van der Waals surface area contributed by atoms with Crippen LogP contribution in [0.25, 0.3) is 0 Å². The Morgan fingerprint density at radius 3 is 2.90 bits per heavy atom. The highest BCUT2D eigenvalue weighted by atomic mass is 16.3. The summed E-state index contributed by atoms with van der Waals surface area (Å²) in [6, 6.07) is 0. The van der Waals surface area contributed by atoms with Gasteiger partial charge in [-0.2, -0.15) is 0 Å². The highest BCUT2D eigenvalue weighted by molar-refractivity contribution is 5.87. The summed E-state index contributed by atoms with van der Waals surface area (Å²) in [5, 5.41) is 9.91. The Bertz CT molecular complexity index is 597. The minimum atomic E-state index is -0.295. The van der Waals surface area contributed by atoms with Crippen molar-refractivity contribution >= 4 is 5.78 Å². The SMILES string of the molecule is CC12CCC(O)C=C1C=CC1C2=CCC2(C)C(=O)CCC12. The van der Waals surface area contributed by atoms with Crippen molar-refractivity contribution in [1.29, 1.82) is 0 Å². The molecule has 0 spiro atoms. The first kappa shape index (κ1) is 13.5. The number of aliphatic hydroxyl groups is 1. The minimum Gasteiger partial charge on any atom is -0.389 e. The van der Waals surface area contributed by atoms with Crippen LogP contribution in [0.4, 0.5) is 0 Å². The quantitative estimate of drug-likeness (QED) is 0.690. The van der Waals surface area contributed by atoms with E-state index in [4.69, 9.17) is 0 Å². The molecule has 21 heavy (non-hydrogen) atoms. The summed E-state index contributed by atoms with van der Waals surface area (Å²) in [6.45, 7) is 4.50. The minimum absolute atomic E-state index is 0.0750. The largest absolute Gasteiger partial charge is 0.389 e. The van der Waals surface area contributed by atoms with Gasteiger partial charge in [0.2, 0.25) is 0 Å². The second-order valence-corrected chi connectivity index (χ2v) is 7.79. The monoisotopic (exact) mass is 284 g/mol. The number of allylic oxidation sites excluding steroid dienone is 5. The van der Waals surface area contributed by atoms with Crippen LogP contribution in [0.15, 0.2) is 35.5 Å². The molecule has 5 atom stereocenters. The second-order valence-electron chi connectivity index (χ2n) is 7.79. The number of hydrogen-bond acceptors (Lipinski definition) is 2. The van der Waals surface area contributed by atoms with E-state index < -0.39 is 0 Å². The normalized spacial score (nSPS) is 48.1. The van der Waals surface area contributed by atoms with E-state index in [1.165, 1.54) is 11.1 Å². The van der Waals surface area contributed by atoms with E-state index in [2.05, 4.69) is 32.1 Å². The van der Waals surface area contributed by atoms with Crippen LogP contribution in [-0.4, -0.2) is 17.0 Å². The first-order valence-corrected chi connectivity index (χ1v) is 8.27. The van der Waals surface area contributed by atoms with Gasteiger partial charge < -0.3 is 5.11 Å². The predicted octanol–water partition coefficient (Wildman–Crippen LogP) is 3.58. The molecule has 0 amide bonds. The zero-order valence-electron chi connectivity index (χ0n) is 12.9. The van der Waals surface area contributed by atoms with Crippen LogP contribution in [0.5, 0.6) is 0 Å². The predicted molar refractivity (Wildman–Crippen MR) is 82.6 cm³/mol. The van der Waals surface area contributed by atoms with Crippen molar-refractivity contribution in [2.45, 2.75) is 52.1 Å². The lowest BCUT2D eigenvalue weighted by atomic mass is 9.54. The summed E-state index contributed by atoms with van der Waals surface area (Å²) in [5.74, 6) is 1.36. The lowest BCUT2D eigenvalue weighted by Gasteiger charge is -2.50. The summed E-state index contributed by atoms with van der Waals surface area (Å²) in [5.41, 5.74) is 2.73. The molecule has 2 nitrogen and oxygen atoms in total. The van der Waals surface area contributed by atoms with Gasteiger partial charge in [0.05, 0.1) is 6.10 Å². The number of rotatable bonds is 0. The number of carbonyl (C=O) groups excluding carboxylic acids is 1. The molecule has 112 valence electrons. The Balaban J connectivity index is 1.81. The Morgan fingerprint density at radius 1 is 1.29 bits per heavy atom. The van der Waals surface area contributed by atoms with Crippen LogP contribution in [0.1, 0.15) is 46.0 Å². The smallest absolute Gasteiger partial charge is 0.139 e. The van der Waals surface area contributed by atoms with Gasteiger partial charge in [-0.05, 0) is 37.2 Å². The molecular formula is C19H24O2. The van der Waals surface area contributed by atoms with Crippen LogP contribution in [-0.2, 0) is 4.79 Å². The van der Waals surface area contributed by atoms with Crippen LogP contribution in [0.3, 0.4) is 0 Å². The van der Waals surface area contributed by atoms with Crippen molar-refractivity contribution in [2.75, 3.05) is 0 Å². The molecule has 1 fully saturated rings. The second kappa shape index (κ2) is 4.19. The Morgan fingerprint density at radius 2 is 2.10 bits per heavy atom. The third-order valence-corrected chi connectivity index (χ3v) is 6.75. The van der Waals surface area contributed by atoms with Crippen molar-refractivity contribution in [3.05, 3.63) is 35.5 Å². The molecular weight excluding hydrogens is 260 g/mol. The van der Waals surface area contributed by atoms with E-state index in [0.717, 1.165) is 32.1 Å². The lowest BCUT2D eigenvalue weighted by molar-refractivity contribution is -0.126. The molecule has 4 aliphatic rings. The van der Waals surface area contributed by atoms with Gasteiger partial charge in [-0.1, -0.05) is 43.7 Å². The highest BCUT2D eigenvalue weighted by Gasteiger charge is 2.54. The molecule has 0 bridgehead atoms. The topological polar surface area (TPSA) is 37.3 Å². The molecule has 0 radical (unpaired) electrons. The van der Waals surface area contributed by atoms with Gasteiger partial charge in [0.25, 0.3) is 0 Å². The molecule has 5 unspecified atom stereocenters. The zero-order chi connectivity index (χ0) is 14.8. The summed E-state index contributed by atoms with van der Waals surface area (Å²) in [4.78, 5) is 12.3. The molecule has 1 N–H and O–H groups in total. The van der Waals surface area contributed by atoms with E-state index in [1.54, 1.807) is 0 Å². The van der Waals surface area contributed by atoms with Gasteiger partial charge in [0, 0.05) is 23.2 Å². The molecule has 1 saturated carbocycles. The van der Waals surface area contributed by atoms with E-state index in [0.29, 0.717) is 17.6 Å². The van der Waals surface area contributed by atoms with Gasteiger partial charge in [0.15, 0.2) is 0 Å². The molecule has 4 aliphatic carbocycles. The van der Waals surface area contributed by atoms with Gasteiger partial charge in [0.1, 0.15) is 5.78 Å². The van der Waals surface area contributed by atoms with Crippen LogP contribution in [0, 0.1) is 22.7 Å². The van der Waals surface area contributed by atoms with Crippen molar-refractivity contribution in [2.24, 2.45) is 22.7 Å². The average molecular weight is 284 g/mol. The molecule has 0 aromatic rings. The molecule has 0 aromatic carbocycles. The number of aliphatic hydroxyl groups excluding tert-OH is 1. The number of hydrogen-bond donors (Lipinski definition) is 1. The number of ketones is 1. The number of fused-ring (bicyclic) bond motifs is 5. The molecule has 4 rings (SSSR count). The molecule has 2 heteroatoms. The van der Waals surface area contributed by atoms with E-state index in [1.807, 2.05) is 6.08 Å². The van der Waals surface area contributed by atoms with Crippen molar-refractivity contribution in [3.8, 4) is 0 Å². The Labute approximate surface area is 126 Å². The van der Waals surface area contributed by atoms with E-state index in [-0.39, 0.29) is 16.9 Å². The molecule has 0 aliphatic heterocycles. The standard InChI is InChI=1S/C19H24O2/c1-18-9-7-13(20)11-12(18)3-4-14-15-5-6-17(21)19(15,2)10-8-16(14)18/h3-4,8,11,13-15,20H,5-7,9-10H2,1-2H3.